The fourth-order valence-corrected chi connectivity index (χ4v) is 4.40. The highest BCUT2D eigenvalue weighted by Crippen LogP contribution is 2.24. The third-order valence-corrected chi connectivity index (χ3v) is 6.06. The van der Waals surface area contributed by atoms with Crippen molar-refractivity contribution in [3.8, 4) is 0 Å². The van der Waals surface area contributed by atoms with E-state index in [1.54, 1.807) is 0 Å². The fourth-order valence-electron chi connectivity index (χ4n) is 3.61. The summed E-state index contributed by atoms with van der Waals surface area (Å²) in [5, 5.41) is 10.6. The number of halogens is 1. The molecule has 3 heterocycles. The molecule has 25 heavy (non-hydrogen) atoms. The summed E-state index contributed by atoms with van der Waals surface area (Å²) in [5.74, 6) is 0.993. The topological polar surface area (TPSA) is 42.9 Å². The molecule has 0 spiro atoms. The van der Waals surface area contributed by atoms with Crippen molar-refractivity contribution in [2.75, 3.05) is 44.7 Å². The normalized spacial score (nSPS) is 22.7. The van der Waals surface area contributed by atoms with E-state index >= 15 is 0 Å². The molecule has 7 heteroatoms. The van der Waals surface area contributed by atoms with E-state index in [0.717, 1.165) is 32.1 Å². The third kappa shape index (κ3) is 5.99. The second-order valence-electron chi connectivity index (χ2n) is 6.85. The summed E-state index contributed by atoms with van der Waals surface area (Å²) >= 11 is 1.84. The second kappa shape index (κ2) is 10.6. The molecule has 0 saturated carbocycles. The highest BCUT2D eigenvalue weighted by molar-refractivity contribution is 14.0. The van der Waals surface area contributed by atoms with E-state index in [-0.39, 0.29) is 24.0 Å². The first kappa shape index (κ1) is 20.8. The van der Waals surface area contributed by atoms with Gasteiger partial charge in [-0.15, -0.1) is 35.3 Å². The Kier molecular flexibility index (Phi) is 8.78. The summed E-state index contributed by atoms with van der Waals surface area (Å²) in [6, 6.07) is 5.50. The van der Waals surface area contributed by atoms with Gasteiger partial charge in [-0.2, -0.15) is 0 Å². The number of guanidine groups is 1. The number of piperidine rings is 1. The maximum absolute atomic E-state index is 4.85. The van der Waals surface area contributed by atoms with Crippen LogP contribution in [0.3, 0.4) is 0 Å². The first-order chi connectivity index (χ1) is 11.8. The molecule has 2 aliphatic rings. The van der Waals surface area contributed by atoms with Crippen LogP contribution in [0.4, 0.5) is 5.00 Å². The van der Waals surface area contributed by atoms with E-state index in [1.807, 2.05) is 11.3 Å². The van der Waals surface area contributed by atoms with Crippen LogP contribution in [0.15, 0.2) is 22.5 Å². The Morgan fingerprint density at radius 2 is 2.08 bits per heavy atom. The van der Waals surface area contributed by atoms with Crippen LogP contribution in [0.1, 0.15) is 32.6 Å². The van der Waals surface area contributed by atoms with E-state index in [0.29, 0.717) is 12.1 Å². The van der Waals surface area contributed by atoms with Crippen LogP contribution in [0.25, 0.3) is 0 Å². The third-order valence-electron chi connectivity index (χ3n) is 5.13. The summed E-state index contributed by atoms with van der Waals surface area (Å²) in [6.07, 6.45) is 4.93. The SMILES string of the molecule is CCNC(=NCC1CCCN1C)NC1CCN(c2cccs2)CC1.I. The van der Waals surface area contributed by atoms with Crippen LogP contribution < -0.4 is 15.5 Å². The molecule has 0 amide bonds. The van der Waals surface area contributed by atoms with Crippen molar-refractivity contribution in [1.29, 1.82) is 0 Å². The monoisotopic (exact) mass is 477 g/mol. The highest BCUT2D eigenvalue weighted by atomic mass is 127. The average molecular weight is 477 g/mol. The van der Waals surface area contributed by atoms with Gasteiger partial charge < -0.3 is 20.4 Å². The molecule has 0 radical (unpaired) electrons. The summed E-state index contributed by atoms with van der Waals surface area (Å²) in [7, 11) is 2.22. The Morgan fingerprint density at radius 3 is 2.68 bits per heavy atom. The number of nitrogens with zero attached hydrogens (tertiary/aromatic N) is 3. The van der Waals surface area contributed by atoms with Crippen LogP contribution >= 0.6 is 35.3 Å². The number of hydrogen-bond donors (Lipinski definition) is 2. The molecule has 1 atom stereocenters. The number of thiophene rings is 1. The number of rotatable bonds is 5. The van der Waals surface area contributed by atoms with Crippen molar-refractivity contribution in [3.63, 3.8) is 0 Å². The Balaban J connectivity index is 0.00000225. The van der Waals surface area contributed by atoms with Gasteiger partial charge in [0.1, 0.15) is 0 Å². The van der Waals surface area contributed by atoms with Gasteiger partial charge >= 0.3 is 0 Å². The van der Waals surface area contributed by atoms with E-state index in [2.05, 4.69) is 51.9 Å². The van der Waals surface area contributed by atoms with Crippen molar-refractivity contribution < 1.29 is 0 Å². The van der Waals surface area contributed by atoms with E-state index in [4.69, 9.17) is 4.99 Å². The lowest BCUT2D eigenvalue weighted by atomic mass is 10.1. The largest absolute Gasteiger partial charge is 0.363 e. The maximum Gasteiger partial charge on any atom is 0.191 e. The van der Waals surface area contributed by atoms with Gasteiger partial charge in [-0.3, -0.25) is 4.99 Å². The summed E-state index contributed by atoms with van der Waals surface area (Å²) in [5.41, 5.74) is 0. The lowest BCUT2D eigenvalue weighted by Gasteiger charge is -2.33. The zero-order chi connectivity index (χ0) is 16.8. The molecular weight excluding hydrogens is 445 g/mol. The Hall–Kier alpha value is -0.540. The number of hydrogen-bond acceptors (Lipinski definition) is 4. The molecule has 1 aromatic heterocycles. The minimum atomic E-state index is 0. The van der Waals surface area contributed by atoms with Gasteiger partial charge in [0.15, 0.2) is 5.96 Å². The molecule has 0 bridgehead atoms. The molecule has 1 aromatic rings. The molecule has 5 nitrogen and oxygen atoms in total. The predicted molar refractivity (Wildman–Crippen MR) is 120 cm³/mol. The van der Waals surface area contributed by atoms with Gasteiger partial charge in [0.05, 0.1) is 11.5 Å². The van der Waals surface area contributed by atoms with Crippen molar-refractivity contribution in [1.82, 2.24) is 15.5 Å². The molecule has 2 fully saturated rings. The van der Waals surface area contributed by atoms with Gasteiger partial charge in [-0.05, 0) is 63.7 Å². The quantitative estimate of drug-likeness (QED) is 0.389. The zero-order valence-electron chi connectivity index (χ0n) is 15.4. The molecule has 0 aliphatic carbocycles. The molecule has 142 valence electrons. The molecule has 1 unspecified atom stereocenters. The van der Waals surface area contributed by atoms with Crippen LogP contribution in [-0.2, 0) is 0 Å². The molecule has 3 rings (SSSR count). The number of likely N-dealkylation sites (N-methyl/N-ethyl adjacent to an activating group) is 1. The number of likely N-dealkylation sites (tertiary alicyclic amines) is 1. The minimum Gasteiger partial charge on any atom is -0.363 e. The second-order valence-corrected chi connectivity index (χ2v) is 7.78. The lowest BCUT2D eigenvalue weighted by molar-refractivity contribution is 0.317. The standard InChI is InChI=1S/C18H31N5S.HI/c1-3-19-18(20-14-16-6-4-10-22(16)2)21-15-8-11-23(12-9-15)17-7-5-13-24-17;/h5,7,13,15-16H,3-4,6,8-12,14H2,1-2H3,(H2,19,20,21);1H. The zero-order valence-corrected chi connectivity index (χ0v) is 18.6. The van der Waals surface area contributed by atoms with Gasteiger partial charge in [0, 0.05) is 31.7 Å². The molecule has 2 saturated heterocycles. The van der Waals surface area contributed by atoms with Crippen LogP contribution in [0.5, 0.6) is 0 Å². The van der Waals surface area contributed by atoms with Gasteiger partial charge in [0.25, 0.3) is 0 Å². The number of aliphatic imine (C=N–C) groups is 1. The van der Waals surface area contributed by atoms with Gasteiger partial charge in [-0.25, -0.2) is 0 Å². The Labute approximate surface area is 173 Å². The number of anilines is 1. The first-order valence-electron chi connectivity index (χ1n) is 9.30. The summed E-state index contributed by atoms with van der Waals surface area (Å²) in [4.78, 5) is 9.79. The van der Waals surface area contributed by atoms with Gasteiger partial charge in [-0.1, -0.05) is 0 Å². The van der Waals surface area contributed by atoms with Crippen LogP contribution in [0.2, 0.25) is 0 Å². The van der Waals surface area contributed by atoms with Gasteiger partial charge in [0.2, 0.25) is 0 Å². The summed E-state index contributed by atoms with van der Waals surface area (Å²) in [6.45, 7) is 7.43. The smallest absolute Gasteiger partial charge is 0.191 e. The van der Waals surface area contributed by atoms with Crippen molar-refractivity contribution in [2.45, 2.75) is 44.7 Å². The van der Waals surface area contributed by atoms with Crippen LogP contribution in [-0.4, -0.2) is 62.7 Å². The maximum atomic E-state index is 4.85. The summed E-state index contributed by atoms with van der Waals surface area (Å²) < 4.78 is 0. The molecule has 0 aromatic carbocycles. The molecular formula is C18H32IN5S. The van der Waals surface area contributed by atoms with E-state index < -0.39 is 0 Å². The van der Waals surface area contributed by atoms with Crippen molar-refractivity contribution in [3.05, 3.63) is 17.5 Å². The Morgan fingerprint density at radius 1 is 1.28 bits per heavy atom. The Bertz CT molecular complexity index is 514. The highest BCUT2D eigenvalue weighted by Gasteiger charge is 2.22. The van der Waals surface area contributed by atoms with Crippen molar-refractivity contribution >= 4 is 46.3 Å². The predicted octanol–water partition coefficient (Wildman–Crippen LogP) is 2.98. The van der Waals surface area contributed by atoms with Crippen LogP contribution in [0, 0.1) is 0 Å². The minimum absolute atomic E-state index is 0. The van der Waals surface area contributed by atoms with E-state index in [9.17, 15) is 0 Å². The van der Waals surface area contributed by atoms with Crippen molar-refractivity contribution in [2.24, 2.45) is 4.99 Å². The molecule has 2 aliphatic heterocycles. The average Bonchev–Trinajstić information content (AvgIpc) is 3.25. The van der Waals surface area contributed by atoms with E-state index in [1.165, 1.54) is 37.2 Å². The molecule has 2 N–H and O–H groups in total. The number of nitrogens with one attached hydrogen (secondary N) is 2. The lowest BCUT2D eigenvalue weighted by Crippen LogP contribution is -2.49. The first-order valence-corrected chi connectivity index (χ1v) is 10.2. The fraction of sp³-hybridized carbons (Fsp3) is 0.722.